The Kier molecular flexibility index (Phi) is 5.00. The fourth-order valence-electron chi connectivity index (χ4n) is 1.36. The lowest BCUT2D eigenvalue weighted by Crippen LogP contribution is -2.10. The van der Waals surface area contributed by atoms with E-state index in [4.69, 9.17) is 9.05 Å². The van der Waals surface area contributed by atoms with Gasteiger partial charge in [-0.1, -0.05) is 26.2 Å². The smallest absolute Gasteiger partial charge is 0.308 e. The van der Waals surface area contributed by atoms with Crippen molar-refractivity contribution in [3.05, 3.63) is 0 Å². The Labute approximate surface area is 80.3 Å². The number of hydrogen-bond acceptors (Lipinski definition) is 3. The molecule has 0 aliphatic carbocycles. The fraction of sp³-hybridized carbons (Fsp3) is 1.00. The molecule has 0 N–H and O–H groups in total. The first kappa shape index (κ1) is 11.2. The van der Waals surface area contributed by atoms with E-state index in [0.29, 0.717) is 19.4 Å². The first-order valence-corrected chi connectivity index (χ1v) is 6.88. The lowest BCUT2D eigenvalue weighted by molar-refractivity contribution is 0.146. The minimum absolute atomic E-state index is 0.602. The Morgan fingerprint density at radius 3 is 2.46 bits per heavy atom. The fourth-order valence-corrected chi connectivity index (χ4v) is 3.12. The second kappa shape index (κ2) is 5.79. The monoisotopic (exact) mass is 206 g/mol. The quantitative estimate of drug-likeness (QED) is 0.512. The van der Waals surface area contributed by atoms with Crippen molar-refractivity contribution in [1.82, 2.24) is 0 Å². The second-order valence-corrected chi connectivity index (χ2v) is 5.60. The average molecular weight is 206 g/mol. The molecule has 1 rings (SSSR count). The van der Waals surface area contributed by atoms with Crippen LogP contribution < -0.4 is 0 Å². The maximum absolute atomic E-state index is 11.8. The van der Waals surface area contributed by atoms with Crippen molar-refractivity contribution in [3.63, 3.8) is 0 Å². The Balaban J connectivity index is 2.14. The van der Waals surface area contributed by atoms with Crippen molar-refractivity contribution in [1.29, 1.82) is 0 Å². The summed E-state index contributed by atoms with van der Waals surface area (Å²) in [4.78, 5) is 0. The molecule has 13 heavy (non-hydrogen) atoms. The van der Waals surface area contributed by atoms with Gasteiger partial charge in [-0.2, -0.15) is 0 Å². The molecule has 0 aromatic carbocycles. The highest BCUT2D eigenvalue weighted by atomic mass is 31.2. The summed E-state index contributed by atoms with van der Waals surface area (Å²) in [6.45, 7) is 3.37. The molecular formula is C9H19O3P. The van der Waals surface area contributed by atoms with Crippen molar-refractivity contribution in [2.24, 2.45) is 0 Å². The van der Waals surface area contributed by atoms with Crippen LogP contribution in [0.2, 0.25) is 0 Å². The third kappa shape index (κ3) is 4.26. The van der Waals surface area contributed by atoms with Gasteiger partial charge in [0.1, 0.15) is 0 Å². The van der Waals surface area contributed by atoms with Crippen LogP contribution in [0.3, 0.4) is 0 Å². The molecule has 0 atom stereocenters. The van der Waals surface area contributed by atoms with Crippen LogP contribution in [0.15, 0.2) is 0 Å². The van der Waals surface area contributed by atoms with Crippen LogP contribution in [0.5, 0.6) is 0 Å². The molecule has 1 heterocycles. The van der Waals surface area contributed by atoms with Crippen LogP contribution in [0.25, 0.3) is 0 Å². The van der Waals surface area contributed by atoms with Crippen LogP contribution in [0.1, 0.15) is 39.0 Å². The molecule has 1 fully saturated rings. The van der Waals surface area contributed by atoms with E-state index in [0.717, 1.165) is 19.3 Å². The molecule has 1 aliphatic heterocycles. The summed E-state index contributed by atoms with van der Waals surface area (Å²) >= 11 is 0. The van der Waals surface area contributed by atoms with Crippen molar-refractivity contribution in [2.75, 3.05) is 19.4 Å². The second-order valence-electron chi connectivity index (χ2n) is 3.42. The topological polar surface area (TPSA) is 35.5 Å². The predicted molar refractivity (Wildman–Crippen MR) is 53.1 cm³/mol. The Morgan fingerprint density at radius 1 is 1.15 bits per heavy atom. The summed E-state index contributed by atoms with van der Waals surface area (Å²) in [6.07, 6.45) is 5.98. The first-order valence-electron chi connectivity index (χ1n) is 5.15. The Morgan fingerprint density at radius 2 is 1.85 bits per heavy atom. The third-order valence-electron chi connectivity index (χ3n) is 2.15. The zero-order valence-corrected chi connectivity index (χ0v) is 9.22. The van der Waals surface area contributed by atoms with Gasteiger partial charge < -0.3 is 9.05 Å². The molecule has 78 valence electrons. The largest absolute Gasteiger partial charge is 0.330 e. The van der Waals surface area contributed by atoms with E-state index in [9.17, 15) is 4.57 Å². The van der Waals surface area contributed by atoms with Crippen molar-refractivity contribution < 1.29 is 13.6 Å². The van der Waals surface area contributed by atoms with Gasteiger partial charge in [0.15, 0.2) is 0 Å². The van der Waals surface area contributed by atoms with E-state index >= 15 is 0 Å². The van der Waals surface area contributed by atoms with E-state index in [1.54, 1.807) is 0 Å². The van der Waals surface area contributed by atoms with Gasteiger partial charge in [0.05, 0.1) is 19.4 Å². The maximum Gasteiger partial charge on any atom is 0.330 e. The standard InChI is InChI=1S/C9H19O3P/c1-2-3-4-5-9-13(10)11-7-6-8-12-13/h2-9H2,1H3. The van der Waals surface area contributed by atoms with E-state index in [2.05, 4.69) is 6.92 Å². The SMILES string of the molecule is CCCCCCP1(=O)OCCCO1. The molecule has 0 aromatic heterocycles. The Hall–Kier alpha value is 0.150. The molecule has 4 heteroatoms. The molecule has 3 nitrogen and oxygen atoms in total. The van der Waals surface area contributed by atoms with E-state index in [-0.39, 0.29) is 0 Å². The number of rotatable bonds is 5. The van der Waals surface area contributed by atoms with E-state index < -0.39 is 7.60 Å². The van der Waals surface area contributed by atoms with Crippen molar-refractivity contribution in [3.8, 4) is 0 Å². The highest BCUT2D eigenvalue weighted by Crippen LogP contribution is 2.51. The van der Waals surface area contributed by atoms with Gasteiger partial charge in [-0.3, -0.25) is 4.57 Å². The summed E-state index contributed by atoms with van der Waals surface area (Å²) in [5, 5.41) is 0. The molecular weight excluding hydrogens is 187 g/mol. The molecule has 0 radical (unpaired) electrons. The summed E-state index contributed by atoms with van der Waals surface area (Å²) in [7, 11) is -2.65. The van der Waals surface area contributed by atoms with E-state index in [1.165, 1.54) is 12.8 Å². The lowest BCUT2D eigenvalue weighted by atomic mass is 10.2. The van der Waals surface area contributed by atoms with Gasteiger partial charge in [0, 0.05) is 0 Å². The molecule has 0 spiro atoms. The zero-order chi connectivity index (χ0) is 9.57. The predicted octanol–water partition coefficient (Wildman–Crippen LogP) is 3.20. The summed E-state index contributed by atoms with van der Waals surface area (Å²) < 4.78 is 22.1. The Bertz CT molecular complexity index is 172. The normalized spacial score (nSPS) is 21.6. The van der Waals surface area contributed by atoms with Crippen LogP contribution in [0.4, 0.5) is 0 Å². The molecule has 0 bridgehead atoms. The third-order valence-corrected chi connectivity index (χ3v) is 4.17. The summed E-state index contributed by atoms with van der Waals surface area (Å²) in [5.41, 5.74) is 0. The minimum Gasteiger partial charge on any atom is -0.308 e. The number of unbranched alkanes of at least 4 members (excludes halogenated alkanes) is 3. The maximum atomic E-state index is 11.8. The molecule has 1 saturated heterocycles. The summed E-state index contributed by atoms with van der Waals surface area (Å²) in [5.74, 6) is 0. The van der Waals surface area contributed by atoms with Crippen LogP contribution >= 0.6 is 7.60 Å². The van der Waals surface area contributed by atoms with Gasteiger partial charge in [0.25, 0.3) is 0 Å². The van der Waals surface area contributed by atoms with Gasteiger partial charge in [-0.25, -0.2) is 0 Å². The average Bonchev–Trinajstić information content (AvgIpc) is 2.14. The van der Waals surface area contributed by atoms with Gasteiger partial charge in [-0.05, 0) is 12.8 Å². The molecule has 0 aromatic rings. The van der Waals surface area contributed by atoms with Crippen LogP contribution in [-0.4, -0.2) is 19.4 Å². The van der Waals surface area contributed by atoms with Gasteiger partial charge >= 0.3 is 7.60 Å². The van der Waals surface area contributed by atoms with Gasteiger partial charge in [0.2, 0.25) is 0 Å². The van der Waals surface area contributed by atoms with Gasteiger partial charge in [-0.15, -0.1) is 0 Å². The van der Waals surface area contributed by atoms with Crippen LogP contribution in [0, 0.1) is 0 Å². The summed E-state index contributed by atoms with van der Waals surface area (Å²) in [6, 6.07) is 0. The van der Waals surface area contributed by atoms with Crippen molar-refractivity contribution in [2.45, 2.75) is 39.0 Å². The number of hydrogen-bond donors (Lipinski definition) is 0. The molecule has 1 aliphatic rings. The first-order chi connectivity index (χ1) is 6.27. The highest BCUT2D eigenvalue weighted by molar-refractivity contribution is 7.53. The van der Waals surface area contributed by atoms with Crippen molar-refractivity contribution >= 4 is 7.60 Å². The highest BCUT2D eigenvalue weighted by Gasteiger charge is 2.26. The zero-order valence-electron chi connectivity index (χ0n) is 8.33. The lowest BCUT2D eigenvalue weighted by Gasteiger charge is -2.22. The molecule has 0 unspecified atom stereocenters. The minimum atomic E-state index is -2.65. The molecule has 0 amide bonds. The molecule has 0 saturated carbocycles. The van der Waals surface area contributed by atoms with E-state index in [1.807, 2.05) is 0 Å². The van der Waals surface area contributed by atoms with Crippen LogP contribution in [-0.2, 0) is 13.6 Å².